The summed E-state index contributed by atoms with van der Waals surface area (Å²) in [5.74, 6) is -1.05. The van der Waals surface area contributed by atoms with Crippen LogP contribution in [-0.4, -0.2) is 23.2 Å². The van der Waals surface area contributed by atoms with Gasteiger partial charge in [0.25, 0.3) is 5.91 Å². The molecule has 4 rings (SSSR count). The lowest BCUT2D eigenvalue weighted by atomic mass is 9.95. The standard InChI is InChI=1S/C24H22N2O3S/c27-22(25-14-16-6-2-1-3-7-16)21-19-8-4-5-9-20(19)30-23(21)26-15-17-10-12-18(13-11-17)24(28)29/h1-3,6-7,10-13,15H,4-5,8-9,14H2,(H,25,27)(H,28,29). The Labute approximate surface area is 179 Å². The number of nitrogens with one attached hydrogen (secondary N) is 1. The normalized spacial score (nSPS) is 13.2. The van der Waals surface area contributed by atoms with Gasteiger partial charge in [0.15, 0.2) is 0 Å². The number of aryl methyl sites for hydroxylation is 1. The second-order valence-corrected chi connectivity index (χ2v) is 8.33. The van der Waals surface area contributed by atoms with Crippen LogP contribution in [0, 0.1) is 0 Å². The van der Waals surface area contributed by atoms with Crippen molar-refractivity contribution in [2.75, 3.05) is 0 Å². The molecule has 0 aliphatic heterocycles. The Hall–Kier alpha value is -3.25. The number of hydrogen-bond donors (Lipinski definition) is 2. The zero-order valence-electron chi connectivity index (χ0n) is 16.4. The van der Waals surface area contributed by atoms with Gasteiger partial charge in [-0.2, -0.15) is 0 Å². The van der Waals surface area contributed by atoms with E-state index in [0.29, 0.717) is 12.1 Å². The van der Waals surface area contributed by atoms with Gasteiger partial charge in [0.1, 0.15) is 5.00 Å². The Morgan fingerprint density at radius 1 is 1.03 bits per heavy atom. The van der Waals surface area contributed by atoms with E-state index in [0.717, 1.165) is 47.4 Å². The summed E-state index contributed by atoms with van der Waals surface area (Å²) in [6.45, 7) is 0.476. The molecule has 0 atom stereocenters. The molecule has 2 aromatic carbocycles. The van der Waals surface area contributed by atoms with E-state index in [1.165, 1.54) is 4.88 Å². The molecular weight excluding hydrogens is 396 g/mol. The minimum Gasteiger partial charge on any atom is -0.478 e. The first-order valence-corrected chi connectivity index (χ1v) is 10.8. The lowest BCUT2D eigenvalue weighted by molar-refractivity contribution is 0.0696. The van der Waals surface area contributed by atoms with Gasteiger partial charge in [-0.3, -0.25) is 4.79 Å². The molecule has 1 aliphatic rings. The number of benzene rings is 2. The first-order chi connectivity index (χ1) is 14.6. The number of carbonyl (C=O) groups is 2. The number of thiophene rings is 1. The molecule has 5 nitrogen and oxygen atoms in total. The number of amides is 1. The lowest BCUT2D eigenvalue weighted by Gasteiger charge is -2.12. The molecule has 30 heavy (non-hydrogen) atoms. The topological polar surface area (TPSA) is 78.8 Å². The fourth-order valence-corrected chi connectivity index (χ4v) is 4.82. The molecule has 0 spiro atoms. The maximum absolute atomic E-state index is 13.1. The number of hydrogen-bond acceptors (Lipinski definition) is 4. The van der Waals surface area contributed by atoms with Gasteiger partial charge in [-0.25, -0.2) is 9.79 Å². The Bertz CT molecular complexity index is 1090. The van der Waals surface area contributed by atoms with Gasteiger partial charge >= 0.3 is 5.97 Å². The minimum absolute atomic E-state index is 0.0911. The number of carboxylic acids is 1. The van der Waals surface area contributed by atoms with Crippen molar-refractivity contribution in [1.29, 1.82) is 0 Å². The molecule has 0 unspecified atom stereocenters. The summed E-state index contributed by atoms with van der Waals surface area (Å²) < 4.78 is 0. The van der Waals surface area contributed by atoms with Crippen molar-refractivity contribution >= 4 is 34.4 Å². The van der Waals surface area contributed by atoms with Crippen LogP contribution < -0.4 is 5.32 Å². The molecule has 2 N–H and O–H groups in total. The smallest absolute Gasteiger partial charge is 0.335 e. The Kier molecular flexibility index (Phi) is 6.05. The van der Waals surface area contributed by atoms with Crippen molar-refractivity contribution in [3.05, 3.63) is 87.3 Å². The lowest BCUT2D eigenvalue weighted by Crippen LogP contribution is -2.24. The van der Waals surface area contributed by atoms with Gasteiger partial charge < -0.3 is 10.4 Å². The fraction of sp³-hybridized carbons (Fsp3) is 0.208. The number of rotatable bonds is 6. The Morgan fingerprint density at radius 2 is 1.77 bits per heavy atom. The summed E-state index contributed by atoms with van der Waals surface area (Å²) in [5, 5.41) is 12.8. The summed E-state index contributed by atoms with van der Waals surface area (Å²) in [4.78, 5) is 29.9. The second-order valence-electron chi connectivity index (χ2n) is 7.24. The van der Waals surface area contributed by atoms with Gasteiger partial charge in [-0.05, 0) is 54.5 Å². The maximum atomic E-state index is 13.1. The molecular formula is C24H22N2O3S. The van der Waals surface area contributed by atoms with E-state index in [4.69, 9.17) is 5.11 Å². The largest absolute Gasteiger partial charge is 0.478 e. The molecule has 1 aromatic heterocycles. The molecule has 1 heterocycles. The molecule has 0 fully saturated rings. The predicted molar refractivity (Wildman–Crippen MR) is 119 cm³/mol. The molecule has 0 saturated carbocycles. The molecule has 0 radical (unpaired) electrons. The molecule has 0 bridgehead atoms. The monoisotopic (exact) mass is 418 g/mol. The van der Waals surface area contributed by atoms with E-state index in [1.807, 2.05) is 30.3 Å². The molecule has 152 valence electrons. The molecule has 1 amide bonds. The number of aliphatic imine (C=N–C) groups is 1. The first kappa shape index (κ1) is 20.0. The summed E-state index contributed by atoms with van der Waals surface area (Å²) >= 11 is 1.59. The van der Waals surface area contributed by atoms with Crippen LogP contribution in [0.15, 0.2) is 59.6 Å². The SMILES string of the molecule is O=C(O)c1ccc(C=Nc2sc3c(c2C(=O)NCc2ccccc2)CCCC3)cc1. The molecule has 3 aromatic rings. The van der Waals surface area contributed by atoms with E-state index in [1.54, 1.807) is 41.8 Å². The van der Waals surface area contributed by atoms with Crippen LogP contribution in [0.4, 0.5) is 5.00 Å². The third-order valence-electron chi connectivity index (χ3n) is 5.16. The van der Waals surface area contributed by atoms with Gasteiger partial charge in [0.05, 0.1) is 11.1 Å². The third kappa shape index (κ3) is 4.49. The van der Waals surface area contributed by atoms with Crippen LogP contribution in [0.5, 0.6) is 0 Å². The van der Waals surface area contributed by atoms with Crippen molar-refractivity contribution in [3.8, 4) is 0 Å². The van der Waals surface area contributed by atoms with E-state index in [2.05, 4.69) is 10.3 Å². The number of aromatic carboxylic acids is 1. The minimum atomic E-state index is -0.957. The number of carbonyl (C=O) groups excluding carboxylic acids is 1. The zero-order valence-corrected chi connectivity index (χ0v) is 17.2. The summed E-state index contributed by atoms with van der Waals surface area (Å²) in [6.07, 6.45) is 5.81. The van der Waals surface area contributed by atoms with Gasteiger partial charge in [-0.1, -0.05) is 42.5 Å². The van der Waals surface area contributed by atoms with Crippen molar-refractivity contribution in [2.24, 2.45) is 4.99 Å². The van der Waals surface area contributed by atoms with E-state index in [-0.39, 0.29) is 11.5 Å². The van der Waals surface area contributed by atoms with E-state index < -0.39 is 5.97 Å². The first-order valence-electron chi connectivity index (χ1n) is 9.96. The van der Waals surface area contributed by atoms with Crippen molar-refractivity contribution < 1.29 is 14.7 Å². The van der Waals surface area contributed by atoms with E-state index >= 15 is 0 Å². The van der Waals surface area contributed by atoms with Gasteiger partial charge in [0, 0.05) is 17.6 Å². The number of fused-ring (bicyclic) bond motifs is 1. The predicted octanol–water partition coefficient (Wildman–Crippen LogP) is 5.01. The van der Waals surface area contributed by atoms with E-state index in [9.17, 15) is 9.59 Å². The Balaban J connectivity index is 1.58. The third-order valence-corrected chi connectivity index (χ3v) is 6.36. The highest BCUT2D eigenvalue weighted by atomic mass is 32.1. The molecule has 0 saturated heterocycles. The van der Waals surface area contributed by atoms with Crippen LogP contribution in [-0.2, 0) is 19.4 Å². The van der Waals surface area contributed by atoms with Crippen LogP contribution in [0.1, 0.15) is 55.1 Å². The quantitative estimate of drug-likeness (QED) is 0.553. The second kappa shape index (κ2) is 9.05. The molecule has 6 heteroatoms. The summed E-state index contributed by atoms with van der Waals surface area (Å²) in [5.41, 5.74) is 3.90. The maximum Gasteiger partial charge on any atom is 0.335 e. The summed E-state index contributed by atoms with van der Waals surface area (Å²) in [7, 11) is 0. The highest BCUT2D eigenvalue weighted by molar-refractivity contribution is 7.16. The number of carboxylic acid groups (broad SMARTS) is 1. The van der Waals surface area contributed by atoms with Crippen molar-refractivity contribution in [3.63, 3.8) is 0 Å². The highest BCUT2D eigenvalue weighted by Crippen LogP contribution is 2.39. The van der Waals surface area contributed by atoms with Crippen LogP contribution >= 0.6 is 11.3 Å². The van der Waals surface area contributed by atoms with Gasteiger partial charge in [-0.15, -0.1) is 11.3 Å². The van der Waals surface area contributed by atoms with Crippen LogP contribution in [0.25, 0.3) is 0 Å². The average molecular weight is 419 g/mol. The van der Waals surface area contributed by atoms with Crippen LogP contribution in [0.2, 0.25) is 0 Å². The Morgan fingerprint density at radius 3 is 2.50 bits per heavy atom. The summed E-state index contributed by atoms with van der Waals surface area (Å²) in [6, 6.07) is 16.4. The number of nitrogens with zero attached hydrogens (tertiary/aromatic N) is 1. The van der Waals surface area contributed by atoms with Crippen molar-refractivity contribution in [2.45, 2.75) is 32.2 Å². The fourth-order valence-electron chi connectivity index (χ4n) is 3.59. The molecule has 1 aliphatic carbocycles. The zero-order chi connectivity index (χ0) is 20.9. The average Bonchev–Trinajstić information content (AvgIpc) is 3.15. The van der Waals surface area contributed by atoms with Gasteiger partial charge in [0.2, 0.25) is 0 Å². The van der Waals surface area contributed by atoms with Crippen molar-refractivity contribution in [1.82, 2.24) is 5.32 Å². The highest BCUT2D eigenvalue weighted by Gasteiger charge is 2.25. The van der Waals surface area contributed by atoms with Crippen LogP contribution in [0.3, 0.4) is 0 Å².